The molecule has 2 aromatic heterocycles. The fraction of sp³-hybridized carbons (Fsp3) is 0.273. The van der Waals surface area contributed by atoms with Crippen molar-refractivity contribution >= 4 is 22.4 Å². The van der Waals surface area contributed by atoms with Gasteiger partial charge in [-0.3, -0.25) is 14.9 Å². The van der Waals surface area contributed by atoms with Gasteiger partial charge in [0.15, 0.2) is 5.75 Å². The van der Waals surface area contributed by atoms with E-state index in [-0.39, 0.29) is 16.9 Å². The first-order valence-corrected chi connectivity index (χ1v) is 6.19. The van der Waals surface area contributed by atoms with E-state index in [2.05, 4.69) is 15.5 Å². The topological polar surface area (TPSA) is 86.1 Å². The molecule has 0 aliphatic rings. The number of pyridine rings is 1. The van der Waals surface area contributed by atoms with Crippen molar-refractivity contribution in [2.75, 3.05) is 12.4 Å². The second-order valence-electron chi connectivity index (χ2n) is 3.78. The Kier molecular flexibility index (Phi) is 3.61. The predicted molar refractivity (Wildman–Crippen MR) is 70.8 cm³/mol. The number of nitrogens with zero attached hydrogens (tertiary/aromatic N) is 3. The minimum atomic E-state index is -0.418. The van der Waals surface area contributed by atoms with Crippen molar-refractivity contribution < 1.29 is 9.53 Å². The molecule has 2 aromatic rings. The molecular formula is C11H12N4O3S. The van der Waals surface area contributed by atoms with Gasteiger partial charge in [0.05, 0.1) is 13.3 Å². The van der Waals surface area contributed by atoms with E-state index >= 15 is 0 Å². The van der Waals surface area contributed by atoms with Gasteiger partial charge in [0.25, 0.3) is 5.91 Å². The maximum atomic E-state index is 12.0. The summed E-state index contributed by atoms with van der Waals surface area (Å²) in [5, 5.41) is 11.3. The Morgan fingerprint density at radius 2 is 2.21 bits per heavy atom. The summed E-state index contributed by atoms with van der Waals surface area (Å²) in [6, 6.07) is 1.22. The lowest BCUT2D eigenvalue weighted by atomic mass is 10.3. The van der Waals surface area contributed by atoms with Crippen LogP contribution in [0, 0.1) is 6.92 Å². The van der Waals surface area contributed by atoms with E-state index in [0.29, 0.717) is 5.13 Å². The predicted octanol–water partition coefficient (Wildman–Crippen LogP) is 0.806. The minimum Gasteiger partial charge on any atom is -0.491 e. The molecule has 19 heavy (non-hydrogen) atoms. The van der Waals surface area contributed by atoms with Gasteiger partial charge < -0.3 is 9.30 Å². The molecule has 7 nitrogen and oxygen atoms in total. The molecule has 8 heteroatoms. The van der Waals surface area contributed by atoms with Crippen LogP contribution in [0.25, 0.3) is 0 Å². The van der Waals surface area contributed by atoms with Gasteiger partial charge in [-0.2, -0.15) is 0 Å². The van der Waals surface area contributed by atoms with E-state index < -0.39 is 5.91 Å². The van der Waals surface area contributed by atoms with Crippen LogP contribution in [-0.4, -0.2) is 27.8 Å². The molecule has 1 N–H and O–H groups in total. The standard InChI is InChI=1S/C11H12N4O3S/c1-6-13-14-11(19-6)12-10(17)7-4-8(16)9(18-3)5-15(7)2/h4-5H,1-3H3,(H,12,14,17). The number of rotatable bonds is 3. The molecule has 1 amide bonds. The van der Waals surface area contributed by atoms with Crippen LogP contribution in [0.5, 0.6) is 5.75 Å². The number of hydrogen-bond acceptors (Lipinski definition) is 6. The summed E-state index contributed by atoms with van der Waals surface area (Å²) >= 11 is 1.26. The summed E-state index contributed by atoms with van der Waals surface area (Å²) in [6.07, 6.45) is 1.46. The van der Waals surface area contributed by atoms with Gasteiger partial charge in [-0.15, -0.1) is 10.2 Å². The number of hydrogen-bond donors (Lipinski definition) is 1. The van der Waals surface area contributed by atoms with Crippen LogP contribution in [0.1, 0.15) is 15.5 Å². The largest absolute Gasteiger partial charge is 0.491 e. The van der Waals surface area contributed by atoms with Crippen LogP contribution >= 0.6 is 11.3 Å². The third-order valence-electron chi connectivity index (χ3n) is 2.40. The Labute approximate surface area is 112 Å². The minimum absolute atomic E-state index is 0.186. The zero-order valence-electron chi connectivity index (χ0n) is 10.6. The van der Waals surface area contributed by atoms with Gasteiger partial charge in [0.2, 0.25) is 10.6 Å². The van der Waals surface area contributed by atoms with Gasteiger partial charge in [-0.25, -0.2) is 0 Å². The number of anilines is 1. The van der Waals surface area contributed by atoms with Crippen molar-refractivity contribution in [3.63, 3.8) is 0 Å². The van der Waals surface area contributed by atoms with E-state index in [1.54, 1.807) is 14.0 Å². The van der Waals surface area contributed by atoms with Crippen LogP contribution in [0.4, 0.5) is 5.13 Å². The van der Waals surface area contributed by atoms with Crippen LogP contribution in [-0.2, 0) is 7.05 Å². The number of aryl methyl sites for hydroxylation is 2. The van der Waals surface area contributed by atoms with Crippen molar-refractivity contribution in [1.29, 1.82) is 0 Å². The molecule has 0 saturated carbocycles. The van der Waals surface area contributed by atoms with E-state index in [4.69, 9.17) is 4.74 Å². The first kappa shape index (κ1) is 13.2. The quantitative estimate of drug-likeness (QED) is 0.899. The van der Waals surface area contributed by atoms with E-state index in [1.165, 1.54) is 35.3 Å². The van der Waals surface area contributed by atoms with Crippen LogP contribution in [0.15, 0.2) is 17.1 Å². The summed E-state index contributed by atoms with van der Waals surface area (Å²) in [5.74, 6) is -0.232. The van der Waals surface area contributed by atoms with Crippen molar-refractivity contribution in [2.45, 2.75) is 6.92 Å². The smallest absolute Gasteiger partial charge is 0.274 e. The molecule has 0 fully saturated rings. The zero-order valence-corrected chi connectivity index (χ0v) is 11.4. The highest BCUT2D eigenvalue weighted by atomic mass is 32.1. The Hall–Kier alpha value is -2.22. The number of carbonyl (C=O) groups is 1. The molecule has 2 heterocycles. The summed E-state index contributed by atoms with van der Waals surface area (Å²) in [7, 11) is 3.06. The summed E-state index contributed by atoms with van der Waals surface area (Å²) in [6.45, 7) is 1.79. The van der Waals surface area contributed by atoms with Crippen molar-refractivity contribution in [1.82, 2.24) is 14.8 Å². The van der Waals surface area contributed by atoms with Crippen LogP contribution in [0.3, 0.4) is 0 Å². The molecular weight excluding hydrogens is 268 g/mol. The van der Waals surface area contributed by atoms with Gasteiger partial charge in [-0.1, -0.05) is 11.3 Å². The first-order chi connectivity index (χ1) is 9.01. The number of nitrogens with one attached hydrogen (secondary N) is 1. The molecule has 0 bridgehead atoms. The number of aromatic nitrogens is 3. The molecule has 0 aromatic carbocycles. The molecule has 0 saturated heterocycles. The van der Waals surface area contributed by atoms with Crippen molar-refractivity contribution in [3.05, 3.63) is 33.2 Å². The summed E-state index contributed by atoms with van der Waals surface area (Å²) in [5.41, 5.74) is -0.127. The number of methoxy groups -OCH3 is 1. The Morgan fingerprint density at radius 1 is 1.47 bits per heavy atom. The van der Waals surface area contributed by atoms with Crippen molar-refractivity contribution in [3.8, 4) is 5.75 Å². The van der Waals surface area contributed by atoms with Crippen LogP contribution < -0.4 is 15.5 Å². The second-order valence-corrected chi connectivity index (χ2v) is 4.96. The lowest BCUT2D eigenvalue weighted by Crippen LogP contribution is -2.21. The Morgan fingerprint density at radius 3 is 2.79 bits per heavy atom. The van der Waals surface area contributed by atoms with E-state index in [0.717, 1.165) is 5.01 Å². The molecule has 0 unspecified atom stereocenters. The third-order valence-corrected chi connectivity index (χ3v) is 3.15. The number of carbonyl (C=O) groups excluding carboxylic acids is 1. The monoisotopic (exact) mass is 280 g/mol. The lowest BCUT2D eigenvalue weighted by molar-refractivity contribution is 0.101. The molecule has 100 valence electrons. The molecule has 0 atom stereocenters. The highest BCUT2D eigenvalue weighted by Gasteiger charge is 2.14. The maximum Gasteiger partial charge on any atom is 0.274 e. The average molecular weight is 280 g/mol. The molecule has 0 radical (unpaired) electrons. The second kappa shape index (κ2) is 5.19. The third kappa shape index (κ3) is 2.79. The summed E-state index contributed by atoms with van der Waals surface area (Å²) in [4.78, 5) is 23.7. The van der Waals surface area contributed by atoms with Gasteiger partial charge in [0.1, 0.15) is 10.7 Å². The SMILES string of the molecule is COc1cn(C)c(C(=O)Nc2nnc(C)s2)cc1=O. The summed E-state index contributed by atoms with van der Waals surface area (Å²) < 4.78 is 6.41. The van der Waals surface area contributed by atoms with Gasteiger partial charge in [0, 0.05) is 13.1 Å². The van der Waals surface area contributed by atoms with Gasteiger partial charge >= 0.3 is 0 Å². The Balaban J connectivity index is 2.29. The normalized spacial score (nSPS) is 10.3. The van der Waals surface area contributed by atoms with E-state index in [9.17, 15) is 9.59 Å². The lowest BCUT2D eigenvalue weighted by Gasteiger charge is -2.09. The molecule has 0 aliphatic heterocycles. The molecule has 0 spiro atoms. The average Bonchev–Trinajstić information content (AvgIpc) is 2.77. The number of amides is 1. The molecule has 0 aliphatic carbocycles. The highest BCUT2D eigenvalue weighted by Crippen LogP contribution is 2.15. The van der Waals surface area contributed by atoms with Crippen molar-refractivity contribution in [2.24, 2.45) is 7.05 Å². The fourth-order valence-electron chi connectivity index (χ4n) is 1.49. The van der Waals surface area contributed by atoms with E-state index in [1.807, 2.05) is 0 Å². The zero-order chi connectivity index (χ0) is 14.0. The highest BCUT2D eigenvalue weighted by molar-refractivity contribution is 7.15. The molecule has 2 rings (SSSR count). The Bertz CT molecular complexity index is 677. The van der Waals surface area contributed by atoms with Gasteiger partial charge in [-0.05, 0) is 6.92 Å². The first-order valence-electron chi connectivity index (χ1n) is 5.37. The number of ether oxygens (including phenoxy) is 1. The fourth-order valence-corrected chi connectivity index (χ4v) is 2.08. The van der Waals surface area contributed by atoms with Crippen LogP contribution in [0.2, 0.25) is 0 Å². The maximum absolute atomic E-state index is 12.0.